The first-order chi connectivity index (χ1) is 15.7. The zero-order chi connectivity index (χ0) is 22.2. The fraction of sp³-hybridized carbons (Fsp3) is 0.348. The molecule has 0 amide bonds. The second-order valence-electron chi connectivity index (χ2n) is 7.49. The minimum Gasteiger partial charge on any atom is -0.439 e. The van der Waals surface area contributed by atoms with Crippen molar-refractivity contribution in [1.29, 1.82) is 0 Å². The third-order valence-corrected chi connectivity index (χ3v) is 5.11. The molecule has 1 aliphatic rings. The molecule has 168 valence electrons. The van der Waals surface area contributed by atoms with Crippen molar-refractivity contribution in [2.45, 2.75) is 20.0 Å². The van der Waals surface area contributed by atoms with Crippen LogP contribution >= 0.6 is 0 Å². The van der Waals surface area contributed by atoms with E-state index in [1.807, 2.05) is 12.1 Å². The van der Waals surface area contributed by atoms with Crippen molar-refractivity contribution < 1.29 is 13.7 Å². The maximum absolute atomic E-state index is 13.3. The third-order valence-electron chi connectivity index (χ3n) is 5.11. The summed E-state index contributed by atoms with van der Waals surface area (Å²) in [4.78, 5) is 13.7. The van der Waals surface area contributed by atoms with Gasteiger partial charge >= 0.3 is 0 Å². The molecule has 1 aromatic carbocycles. The maximum Gasteiger partial charge on any atom is 0.219 e. The number of piperazine rings is 1. The number of aliphatic imine (C=N–C) groups is 1. The zero-order valence-corrected chi connectivity index (χ0v) is 18.1. The topological polar surface area (TPSA) is 79.0 Å². The second-order valence-corrected chi connectivity index (χ2v) is 7.49. The smallest absolute Gasteiger partial charge is 0.219 e. The number of ether oxygens (including phenoxy) is 1. The Kier molecular flexibility index (Phi) is 7.29. The molecule has 0 aliphatic carbocycles. The van der Waals surface area contributed by atoms with E-state index in [-0.39, 0.29) is 5.82 Å². The van der Waals surface area contributed by atoms with Crippen LogP contribution < -0.4 is 10.1 Å². The summed E-state index contributed by atoms with van der Waals surface area (Å²) in [7, 11) is 0. The van der Waals surface area contributed by atoms with Crippen molar-refractivity contribution >= 4 is 5.96 Å². The molecule has 9 heteroatoms. The first-order valence-electron chi connectivity index (χ1n) is 10.7. The van der Waals surface area contributed by atoms with Crippen LogP contribution in [0.1, 0.15) is 18.2 Å². The van der Waals surface area contributed by atoms with Gasteiger partial charge in [-0.1, -0.05) is 17.3 Å². The maximum atomic E-state index is 13.3. The molecule has 3 aromatic rings. The SMILES string of the molecule is CCNC(=NCc1ccc(Oc2cccc(F)c2)nc1)N1CCN(Cc2ccon2)CC1. The van der Waals surface area contributed by atoms with Crippen LogP contribution in [0, 0.1) is 5.82 Å². The molecule has 0 bridgehead atoms. The lowest BCUT2D eigenvalue weighted by atomic mass is 10.3. The molecule has 1 aliphatic heterocycles. The Labute approximate surface area is 186 Å². The lowest BCUT2D eigenvalue weighted by Gasteiger charge is -2.36. The zero-order valence-electron chi connectivity index (χ0n) is 18.1. The van der Waals surface area contributed by atoms with Gasteiger partial charge in [0.2, 0.25) is 5.88 Å². The summed E-state index contributed by atoms with van der Waals surface area (Å²) >= 11 is 0. The predicted molar refractivity (Wildman–Crippen MR) is 119 cm³/mol. The van der Waals surface area contributed by atoms with Gasteiger partial charge in [-0.25, -0.2) is 14.4 Å². The van der Waals surface area contributed by atoms with Gasteiger partial charge in [0.05, 0.1) is 12.2 Å². The van der Waals surface area contributed by atoms with Crippen molar-refractivity contribution in [3.63, 3.8) is 0 Å². The van der Waals surface area contributed by atoms with Crippen LogP contribution in [0.2, 0.25) is 0 Å². The number of halogens is 1. The Hall–Kier alpha value is -3.46. The largest absolute Gasteiger partial charge is 0.439 e. The molecule has 3 heterocycles. The van der Waals surface area contributed by atoms with E-state index in [1.165, 1.54) is 12.1 Å². The highest BCUT2D eigenvalue weighted by Crippen LogP contribution is 2.20. The van der Waals surface area contributed by atoms with E-state index in [0.29, 0.717) is 18.2 Å². The number of benzene rings is 1. The minimum atomic E-state index is -0.344. The first kappa shape index (κ1) is 21.8. The summed E-state index contributed by atoms with van der Waals surface area (Å²) in [5.74, 6) is 1.39. The van der Waals surface area contributed by atoms with Crippen molar-refractivity contribution in [3.8, 4) is 11.6 Å². The lowest BCUT2D eigenvalue weighted by molar-refractivity contribution is 0.169. The van der Waals surface area contributed by atoms with Crippen LogP contribution in [0.3, 0.4) is 0 Å². The summed E-state index contributed by atoms with van der Waals surface area (Å²) in [6.45, 7) is 7.83. The van der Waals surface area contributed by atoms with E-state index < -0.39 is 0 Å². The predicted octanol–water partition coefficient (Wildman–Crippen LogP) is 3.28. The van der Waals surface area contributed by atoms with E-state index in [2.05, 4.69) is 32.2 Å². The molecule has 0 radical (unpaired) electrons. The van der Waals surface area contributed by atoms with Gasteiger partial charge in [-0.3, -0.25) is 4.90 Å². The van der Waals surface area contributed by atoms with Crippen molar-refractivity contribution in [3.05, 3.63) is 72.0 Å². The van der Waals surface area contributed by atoms with Gasteiger partial charge in [0.15, 0.2) is 5.96 Å². The number of rotatable bonds is 7. The molecular formula is C23H27FN6O2. The van der Waals surface area contributed by atoms with E-state index in [0.717, 1.165) is 56.5 Å². The van der Waals surface area contributed by atoms with Crippen molar-refractivity contribution in [2.75, 3.05) is 32.7 Å². The minimum absolute atomic E-state index is 0.344. The van der Waals surface area contributed by atoms with Gasteiger partial charge in [0.25, 0.3) is 0 Å². The second kappa shape index (κ2) is 10.7. The highest BCUT2D eigenvalue weighted by Gasteiger charge is 2.20. The number of hydrogen-bond acceptors (Lipinski definition) is 6. The number of hydrogen-bond donors (Lipinski definition) is 1. The summed E-state index contributed by atoms with van der Waals surface area (Å²) in [6.07, 6.45) is 3.34. The molecule has 1 fully saturated rings. The number of pyridine rings is 1. The van der Waals surface area contributed by atoms with Gasteiger partial charge in [-0.05, 0) is 24.6 Å². The molecule has 32 heavy (non-hydrogen) atoms. The highest BCUT2D eigenvalue weighted by atomic mass is 19.1. The van der Waals surface area contributed by atoms with Crippen LogP contribution in [-0.2, 0) is 13.1 Å². The summed E-state index contributed by atoms with van der Waals surface area (Å²) in [5, 5.41) is 7.37. The number of aromatic nitrogens is 2. The summed E-state index contributed by atoms with van der Waals surface area (Å²) in [5.41, 5.74) is 1.92. The molecule has 0 spiro atoms. The van der Waals surface area contributed by atoms with Gasteiger partial charge in [0.1, 0.15) is 17.8 Å². The quantitative estimate of drug-likeness (QED) is 0.448. The summed E-state index contributed by atoms with van der Waals surface area (Å²) < 4.78 is 23.8. The molecule has 0 atom stereocenters. The molecule has 0 saturated carbocycles. The molecular weight excluding hydrogens is 411 g/mol. The Morgan fingerprint density at radius 2 is 2.06 bits per heavy atom. The molecule has 1 saturated heterocycles. The normalized spacial score (nSPS) is 15.1. The Balaban J connectivity index is 1.32. The Morgan fingerprint density at radius 1 is 1.19 bits per heavy atom. The molecule has 2 aromatic heterocycles. The van der Waals surface area contributed by atoms with Crippen LogP contribution in [-0.4, -0.2) is 58.6 Å². The average Bonchev–Trinajstić information content (AvgIpc) is 3.31. The van der Waals surface area contributed by atoms with Gasteiger partial charge in [0, 0.05) is 63.7 Å². The summed E-state index contributed by atoms with van der Waals surface area (Å²) in [6, 6.07) is 11.6. The standard InChI is InChI=1S/C23H27FN6O2/c1-2-25-23(30-11-9-29(10-12-30)17-20-8-13-31-28-20)27-16-18-6-7-22(26-15-18)32-21-5-3-4-19(24)14-21/h3-8,13-15H,2,9-12,16-17H2,1H3,(H,25,27). The Morgan fingerprint density at radius 3 is 2.75 bits per heavy atom. The average molecular weight is 439 g/mol. The highest BCUT2D eigenvalue weighted by molar-refractivity contribution is 5.80. The number of guanidine groups is 1. The van der Waals surface area contributed by atoms with Crippen LogP contribution in [0.15, 0.2) is 64.4 Å². The van der Waals surface area contributed by atoms with Gasteiger partial charge in [-0.2, -0.15) is 0 Å². The lowest BCUT2D eigenvalue weighted by Crippen LogP contribution is -2.52. The van der Waals surface area contributed by atoms with Crippen molar-refractivity contribution in [1.82, 2.24) is 25.3 Å². The van der Waals surface area contributed by atoms with E-state index in [9.17, 15) is 4.39 Å². The van der Waals surface area contributed by atoms with Gasteiger partial charge in [-0.15, -0.1) is 0 Å². The van der Waals surface area contributed by atoms with Crippen LogP contribution in [0.25, 0.3) is 0 Å². The number of nitrogens with zero attached hydrogens (tertiary/aromatic N) is 5. The monoisotopic (exact) mass is 438 g/mol. The third kappa shape index (κ3) is 6.04. The van der Waals surface area contributed by atoms with Crippen LogP contribution in [0.5, 0.6) is 11.6 Å². The Bertz CT molecular complexity index is 1000. The van der Waals surface area contributed by atoms with Crippen molar-refractivity contribution in [2.24, 2.45) is 4.99 Å². The van der Waals surface area contributed by atoms with Crippen LogP contribution in [0.4, 0.5) is 4.39 Å². The molecule has 8 nitrogen and oxygen atoms in total. The fourth-order valence-electron chi connectivity index (χ4n) is 3.47. The molecule has 0 unspecified atom stereocenters. The van der Waals surface area contributed by atoms with E-state index in [1.54, 1.807) is 30.7 Å². The molecule has 4 rings (SSSR count). The van der Waals surface area contributed by atoms with E-state index >= 15 is 0 Å². The number of nitrogens with one attached hydrogen (secondary N) is 1. The first-order valence-corrected chi connectivity index (χ1v) is 10.7. The van der Waals surface area contributed by atoms with E-state index in [4.69, 9.17) is 14.3 Å². The molecule has 1 N–H and O–H groups in total. The van der Waals surface area contributed by atoms with Gasteiger partial charge < -0.3 is 19.5 Å². The fourth-order valence-corrected chi connectivity index (χ4v) is 3.47.